The van der Waals surface area contributed by atoms with Crippen molar-refractivity contribution >= 4 is 21.4 Å². The lowest BCUT2D eigenvalue weighted by Gasteiger charge is -2.10. The molecule has 1 rings (SSSR count). The Morgan fingerprint density at radius 2 is 1.88 bits per heavy atom. The lowest BCUT2D eigenvalue weighted by molar-refractivity contribution is -0.137. The molecule has 7 heteroatoms. The topological polar surface area (TPSA) is 34.1 Å². The molecule has 1 aromatic carbocycles. The van der Waals surface area contributed by atoms with Crippen molar-refractivity contribution in [2.45, 2.75) is 22.7 Å². The Labute approximate surface area is 96.0 Å². The zero-order valence-corrected chi connectivity index (χ0v) is 9.70. The van der Waals surface area contributed by atoms with E-state index in [0.717, 1.165) is 18.2 Å². The van der Waals surface area contributed by atoms with Crippen LogP contribution < -0.4 is 0 Å². The van der Waals surface area contributed by atoms with E-state index in [-0.39, 0.29) is 0 Å². The summed E-state index contributed by atoms with van der Waals surface area (Å²) in [6.07, 6.45) is -4.57. The zero-order valence-electron chi connectivity index (χ0n) is 8.12. The Kier molecular flexibility index (Phi) is 3.54. The predicted molar refractivity (Wildman–Crippen MR) is 53.9 cm³/mol. The van der Waals surface area contributed by atoms with Crippen molar-refractivity contribution in [2.24, 2.45) is 0 Å². The Balaban J connectivity index is 3.30. The second kappa shape index (κ2) is 4.25. The fourth-order valence-electron chi connectivity index (χ4n) is 1.04. The van der Waals surface area contributed by atoms with Gasteiger partial charge in [-0.15, -0.1) is 11.6 Å². The number of hydrogen-bond acceptors (Lipinski definition) is 2. The predicted octanol–water partition coefficient (Wildman–Crippen LogP) is 3.06. The number of benzene rings is 1. The maximum absolute atomic E-state index is 12.3. The van der Waals surface area contributed by atoms with Crippen LogP contribution in [-0.4, -0.2) is 13.1 Å². The minimum atomic E-state index is -4.57. The van der Waals surface area contributed by atoms with Crippen molar-refractivity contribution in [3.05, 3.63) is 29.8 Å². The Morgan fingerprint density at radius 1 is 1.31 bits per heavy atom. The molecular formula is C9H8ClF3O2S. The van der Waals surface area contributed by atoms with Gasteiger partial charge in [-0.2, -0.15) is 13.2 Å². The summed E-state index contributed by atoms with van der Waals surface area (Å²) in [5.41, 5.74) is -1.01. The molecule has 16 heavy (non-hydrogen) atoms. The second-order valence-electron chi connectivity index (χ2n) is 3.11. The molecule has 90 valence electrons. The Bertz CT molecular complexity index is 480. The smallest absolute Gasteiger partial charge is 0.222 e. The van der Waals surface area contributed by atoms with Gasteiger partial charge >= 0.3 is 6.18 Å². The van der Waals surface area contributed by atoms with Crippen molar-refractivity contribution in [2.75, 3.05) is 0 Å². The minimum absolute atomic E-state index is 0.426. The first kappa shape index (κ1) is 13.3. The second-order valence-corrected chi connectivity index (χ2v) is 6.30. The SMILES string of the molecule is CC(Cl)S(=O)(=O)c1cccc(C(F)(F)F)c1. The molecule has 0 N–H and O–H groups in total. The van der Waals surface area contributed by atoms with Crippen molar-refractivity contribution in [3.8, 4) is 0 Å². The van der Waals surface area contributed by atoms with Crippen LogP contribution in [-0.2, 0) is 16.0 Å². The van der Waals surface area contributed by atoms with E-state index in [1.165, 1.54) is 6.92 Å². The molecule has 0 amide bonds. The van der Waals surface area contributed by atoms with Gasteiger partial charge in [0.1, 0.15) is 4.71 Å². The van der Waals surface area contributed by atoms with Crippen LogP contribution >= 0.6 is 11.6 Å². The highest BCUT2D eigenvalue weighted by molar-refractivity contribution is 7.93. The molecule has 0 spiro atoms. The summed E-state index contributed by atoms with van der Waals surface area (Å²) in [5, 5.41) is 0. The number of alkyl halides is 4. The van der Waals surface area contributed by atoms with Gasteiger partial charge < -0.3 is 0 Å². The first-order chi connectivity index (χ1) is 7.15. The van der Waals surface area contributed by atoms with Crippen molar-refractivity contribution < 1.29 is 21.6 Å². The van der Waals surface area contributed by atoms with Crippen LogP contribution in [0.15, 0.2) is 29.2 Å². The first-order valence-corrected chi connectivity index (χ1v) is 6.19. The van der Waals surface area contributed by atoms with E-state index in [9.17, 15) is 21.6 Å². The highest BCUT2D eigenvalue weighted by Crippen LogP contribution is 2.31. The molecule has 0 aliphatic heterocycles. The summed E-state index contributed by atoms with van der Waals surface area (Å²) in [6.45, 7) is 1.19. The summed E-state index contributed by atoms with van der Waals surface area (Å²) in [4.78, 5) is -0.426. The highest BCUT2D eigenvalue weighted by Gasteiger charge is 2.32. The quantitative estimate of drug-likeness (QED) is 0.776. The Hall–Kier alpha value is -0.750. The van der Waals surface area contributed by atoms with Gasteiger partial charge in [0.05, 0.1) is 10.5 Å². The highest BCUT2D eigenvalue weighted by atomic mass is 35.5. The summed E-state index contributed by atoms with van der Waals surface area (Å²) in [6, 6.07) is 3.50. The molecule has 1 atom stereocenters. The number of rotatable bonds is 2. The summed E-state index contributed by atoms with van der Waals surface area (Å²) in [7, 11) is -3.89. The average Bonchev–Trinajstić information content (AvgIpc) is 2.16. The number of hydrogen-bond donors (Lipinski definition) is 0. The molecule has 0 aliphatic carbocycles. The van der Waals surface area contributed by atoms with Crippen LogP contribution in [0.2, 0.25) is 0 Å². The molecule has 1 aromatic rings. The fourth-order valence-corrected chi connectivity index (χ4v) is 2.28. The van der Waals surface area contributed by atoms with E-state index in [1.54, 1.807) is 0 Å². The molecule has 0 heterocycles. The van der Waals surface area contributed by atoms with E-state index in [0.29, 0.717) is 6.07 Å². The summed E-state index contributed by atoms with van der Waals surface area (Å²) in [5.74, 6) is 0. The van der Waals surface area contributed by atoms with Gasteiger partial charge in [-0.1, -0.05) is 6.07 Å². The molecule has 0 radical (unpaired) electrons. The molecule has 0 saturated carbocycles. The monoisotopic (exact) mass is 272 g/mol. The van der Waals surface area contributed by atoms with Gasteiger partial charge in [0.15, 0.2) is 9.84 Å². The molecule has 0 saturated heterocycles. The van der Waals surface area contributed by atoms with Crippen molar-refractivity contribution in [1.29, 1.82) is 0 Å². The lowest BCUT2D eigenvalue weighted by Crippen LogP contribution is -2.13. The molecule has 2 nitrogen and oxygen atoms in total. The zero-order chi connectivity index (χ0) is 12.6. The third kappa shape index (κ3) is 2.68. The Morgan fingerprint density at radius 3 is 2.31 bits per heavy atom. The summed E-state index contributed by atoms with van der Waals surface area (Å²) >= 11 is 5.40. The number of sulfone groups is 1. The molecule has 1 unspecified atom stereocenters. The molecule has 0 bridgehead atoms. The largest absolute Gasteiger partial charge is 0.416 e. The maximum Gasteiger partial charge on any atom is 0.416 e. The molecule has 0 fully saturated rings. The first-order valence-electron chi connectivity index (χ1n) is 4.21. The van der Waals surface area contributed by atoms with E-state index in [4.69, 9.17) is 11.6 Å². The normalized spacial score (nSPS) is 14.8. The van der Waals surface area contributed by atoms with Gasteiger partial charge in [-0.3, -0.25) is 0 Å². The van der Waals surface area contributed by atoms with Gasteiger partial charge in [-0.25, -0.2) is 8.42 Å². The third-order valence-corrected chi connectivity index (χ3v) is 4.39. The average molecular weight is 273 g/mol. The standard InChI is InChI=1S/C9H8ClF3O2S/c1-6(10)16(14,15)8-4-2-3-7(5-8)9(11,12)13/h2-6H,1H3. The van der Waals surface area contributed by atoms with Crippen LogP contribution in [0.5, 0.6) is 0 Å². The van der Waals surface area contributed by atoms with Crippen LogP contribution in [0.1, 0.15) is 12.5 Å². The third-order valence-electron chi connectivity index (χ3n) is 1.92. The van der Waals surface area contributed by atoms with Crippen molar-refractivity contribution in [3.63, 3.8) is 0 Å². The maximum atomic E-state index is 12.3. The van der Waals surface area contributed by atoms with E-state index < -0.39 is 31.2 Å². The molecule has 0 aromatic heterocycles. The lowest BCUT2D eigenvalue weighted by atomic mass is 10.2. The minimum Gasteiger partial charge on any atom is -0.222 e. The van der Waals surface area contributed by atoms with E-state index in [2.05, 4.69) is 0 Å². The molecular weight excluding hydrogens is 265 g/mol. The van der Waals surface area contributed by atoms with Gasteiger partial charge in [0, 0.05) is 0 Å². The van der Waals surface area contributed by atoms with Crippen LogP contribution in [0.3, 0.4) is 0 Å². The van der Waals surface area contributed by atoms with Gasteiger partial charge in [0.2, 0.25) is 0 Å². The van der Waals surface area contributed by atoms with Gasteiger partial charge in [0.25, 0.3) is 0 Å². The van der Waals surface area contributed by atoms with Crippen molar-refractivity contribution in [1.82, 2.24) is 0 Å². The van der Waals surface area contributed by atoms with Crippen LogP contribution in [0.4, 0.5) is 13.2 Å². The van der Waals surface area contributed by atoms with E-state index >= 15 is 0 Å². The van der Waals surface area contributed by atoms with E-state index in [1.807, 2.05) is 0 Å². The van der Waals surface area contributed by atoms with Crippen LogP contribution in [0, 0.1) is 0 Å². The summed E-state index contributed by atoms with van der Waals surface area (Å²) < 4.78 is 58.7. The fraction of sp³-hybridized carbons (Fsp3) is 0.333. The van der Waals surface area contributed by atoms with Crippen LogP contribution in [0.25, 0.3) is 0 Å². The number of halogens is 4. The van der Waals surface area contributed by atoms with Gasteiger partial charge in [-0.05, 0) is 25.1 Å². The molecule has 0 aliphatic rings.